The minimum atomic E-state index is -1.25. The summed E-state index contributed by atoms with van der Waals surface area (Å²) in [6, 6.07) is 13.6. The molecule has 0 aliphatic carbocycles. The first-order valence-corrected chi connectivity index (χ1v) is 15.8. The molecular weight excluding hydrogens is 610 g/mol. The van der Waals surface area contributed by atoms with Gasteiger partial charge in [0.2, 0.25) is 11.8 Å². The van der Waals surface area contributed by atoms with E-state index in [4.69, 9.17) is 4.74 Å². The molecule has 7 atom stereocenters. The molecule has 3 aliphatic rings. The van der Waals surface area contributed by atoms with Crippen molar-refractivity contribution in [2.75, 3.05) is 29.5 Å². The third kappa shape index (κ3) is 5.05. The first-order valence-electron chi connectivity index (χ1n) is 14.9. The number of aryl methyl sites for hydroxylation is 2. The Hall–Kier alpha value is -3.27. The number of amides is 3. The molecule has 43 heavy (non-hydrogen) atoms. The molecule has 1 spiro atoms. The van der Waals surface area contributed by atoms with Gasteiger partial charge in [-0.3, -0.25) is 14.4 Å². The molecule has 228 valence electrons. The van der Waals surface area contributed by atoms with Crippen molar-refractivity contribution < 1.29 is 24.2 Å². The number of hydrogen-bond donors (Lipinski definition) is 1. The van der Waals surface area contributed by atoms with E-state index < -0.39 is 35.6 Å². The number of aliphatic hydroxyl groups excluding tert-OH is 1. The highest BCUT2D eigenvalue weighted by atomic mass is 79.9. The second kappa shape index (κ2) is 12.4. The van der Waals surface area contributed by atoms with Crippen molar-refractivity contribution in [1.29, 1.82) is 0 Å². The standard InChI is InChI=1S/C34H40BrN3O5/c1-6-16-36(24-12-10-9-11-13-24)31(40)27-28-32(41)38(23(8-3)20-39)30(34(28)19-25(35)29(27)43-34)33(42)37(17-7-2)26-18-21(4)14-15-22(26)5/h6-7,9-15,18,23,25,27-30,39H,1-2,8,16-17,19-20H2,3-5H3/t23-,25?,27-,28-,29-,30?,34?/m0/s1. The van der Waals surface area contributed by atoms with E-state index in [0.717, 1.165) is 16.8 Å². The Balaban J connectivity index is 1.63. The summed E-state index contributed by atoms with van der Waals surface area (Å²) in [6.07, 6.45) is 3.54. The van der Waals surface area contributed by atoms with E-state index in [2.05, 4.69) is 29.1 Å². The Bertz CT molecular complexity index is 1410. The van der Waals surface area contributed by atoms with Gasteiger partial charge in [0.1, 0.15) is 11.6 Å². The first-order chi connectivity index (χ1) is 20.6. The molecule has 3 fully saturated rings. The number of carbonyl (C=O) groups is 3. The van der Waals surface area contributed by atoms with Crippen molar-refractivity contribution >= 4 is 45.0 Å². The van der Waals surface area contributed by atoms with Crippen LogP contribution in [0.1, 0.15) is 30.9 Å². The highest BCUT2D eigenvalue weighted by Crippen LogP contribution is 2.61. The molecule has 3 unspecified atom stereocenters. The van der Waals surface area contributed by atoms with Gasteiger partial charge in [0.05, 0.1) is 30.6 Å². The van der Waals surface area contributed by atoms with Crippen LogP contribution in [0.3, 0.4) is 0 Å². The van der Waals surface area contributed by atoms with E-state index in [0.29, 0.717) is 18.5 Å². The lowest BCUT2D eigenvalue weighted by molar-refractivity contribution is -0.144. The van der Waals surface area contributed by atoms with Crippen molar-refractivity contribution in [3.05, 3.63) is 85.0 Å². The first kappa shape index (κ1) is 31.2. The van der Waals surface area contributed by atoms with Crippen LogP contribution in [-0.2, 0) is 19.1 Å². The van der Waals surface area contributed by atoms with E-state index in [1.54, 1.807) is 22.0 Å². The topological polar surface area (TPSA) is 90.4 Å². The van der Waals surface area contributed by atoms with Gasteiger partial charge in [-0.05, 0) is 56.0 Å². The minimum Gasteiger partial charge on any atom is -0.394 e. The van der Waals surface area contributed by atoms with E-state index in [9.17, 15) is 19.5 Å². The maximum atomic E-state index is 14.9. The number of ether oxygens (including phenoxy) is 1. The second-order valence-corrected chi connectivity index (χ2v) is 12.9. The highest BCUT2D eigenvalue weighted by molar-refractivity contribution is 9.09. The van der Waals surface area contributed by atoms with Crippen molar-refractivity contribution in [3.8, 4) is 0 Å². The van der Waals surface area contributed by atoms with Gasteiger partial charge in [-0.15, -0.1) is 13.2 Å². The molecule has 3 aliphatic heterocycles. The molecule has 3 heterocycles. The number of carbonyl (C=O) groups excluding carboxylic acids is 3. The quantitative estimate of drug-likeness (QED) is 0.285. The lowest BCUT2D eigenvalue weighted by atomic mass is 9.70. The van der Waals surface area contributed by atoms with Gasteiger partial charge in [0, 0.05) is 29.3 Å². The molecule has 2 aromatic rings. The molecule has 0 saturated carbocycles. The normalized spacial score (nSPS) is 28.0. The number of alkyl halides is 1. The van der Waals surface area contributed by atoms with Crippen LogP contribution in [-0.4, -0.2) is 76.0 Å². The van der Waals surface area contributed by atoms with Gasteiger partial charge >= 0.3 is 0 Å². The number of nitrogens with zero attached hydrogens (tertiary/aromatic N) is 3. The summed E-state index contributed by atoms with van der Waals surface area (Å²) in [4.78, 5) is 48.4. The average molecular weight is 651 g/mol. The monoisotopic (exact) mass is 649 g/mol. The fourth-order valence-electron chi connectivity index (χ4n) is 7.27. The predicted molar refractivity (Wildman–Crippen MR) is 171 cm³/mol. The van der Waals surface area contributed by atoms with Crippen LogP contribution in [0.5, 0.6) is 0 Å². The molecule has 9 heteroatoms. The summed E-state index contributed by atoms with van der Waals surface area (Å²) < 4.78 is 6.75. The Kier molecular flexibility index (Phi) is 8.97. The van der Waals surface area contributed by atoms with Crippen LogP contribution in [0.15, 0.2) is 73.8 Å². The number of fused-ring (bicyclic) bond motifs is 1. The van der Waals surface area contributed by atoms with Crippen LogP contribution in [0.25, 0.3) is 0 Å². The number of aliphatic hydroxyl groups is 1. The van der Waals surface area contributed by atoms with E-state index >= 15 is 0 Å². The fourth-order valence-corrected chi connectivity index (χ4v) is 8.21. The van der Waals surface area contributed by atoms with Crippen LogP contribution >= 0.6 is 15.9 Å². The van der Waals surface area contributed by atoms with E-state index in [1.807, 2.05) is 69.3 Å². The summed E-state index contributed by atoms with van der Waals surface area (Å²) in [5.41, 5.74) is 2.08. The maximum Gasteiger partial charge on any atom is 0.253 e. The smallest absolute Gasteiger partial charge is 0.253 e. The zero-order chi connectivity index (χ0) is 31.1. The third-order valence-electron chi connectivity index (χ3n) is 9.20. The highest BCUT2D eigenvalue weighted by Gasteiger charge is 2.77. The van der Waals surface area contributed by atoms with E-state index in [-0.39, 0.29) is 42.2 Å². The summed E-state index contributed by atoms with van der Waals surface area (Å²) in [7, 11) is 0. The molecule has 3 amide bonds. The molecular formula is C34H40BrN3O5. The minimum absolute atomic E-state index is 0.225. The number of para-hydroxylation sites is 1. The number of benzene rings is 2. The summed E-state index contributed by atoms with van der Waals surface area (Å²) in [5.74, 6) is -2.59. The Morgan fingerprint density at radius 3 is 2.42 bits per heavy atom. The summed E-state index contributed by atoms with van der Waals surface area (Å²) in [5, 5.41) is 10.4. The Morgan fingerprint density at radius 2 is 1.79 bits per heavy atom. The zero-order valence-electron chi connectivity index (χ0n) is 25.0. The van der Waals surface area contributed by atoms with Crippen LogP contribution in [0, 0.1) is 25.7 Å². The molecule has 8 nitrogen and oxygen atoms in total. The van der Waals surface area contributed by atoms with Crippen molar-refractivity contribution in [1.82, 2.24) is 4.90 Å². The van der Waals surface area contributed by atoms with Gasteiger partial charge in [-0.1, -0.05) is 65.3 Å². The van der Waals surface area contributed by atoms with Crippen molar-refractivity contribution in [2.24, 2.45) is 11.8 Å². The van der Waals surface area contributed by atoms with E-state index in [1.165, 1.54) is 4.90 Å². The average Bonchev–Trinajstić information content (AvgIpc) is 3.60. The number of likely N-dealkylation sites (tertiary alicyclic amines) is 1. The Labute approximate surface area is 262 Å². The van der Waals surface area contributed by atoms with Crippen LogP contribution in [0.2, 0.25) is 0 Å². The SMILES string of the molecule is C=CCN(C(=O)[C@H]1[C@H]2C(=O)N([C@@H](CC)CO)C(C(=O)N(CC=C)c3cc(C)ccc3C)C23CC(Br)[C@@H]1O3)c1ccccc1. The molecule has 0 aromatic heterocycles. The maximum absolute atomic E-state index is 14.9. The number of anilines is 2. The molecule has 2 aromatic carbocycles. The van der Waals surface area contributed by atoms with Crippen LogP contribution < -0.4 is 9.80 Å². The van der Waals surface area contributed by atoms with Gasteiger partial charge in [-0.2, -0.15) is 0 Å². The molecule has 0 radical (unpaired) electrons. The van der Waals surface area contributed by atoms with Gasteiger partial charge in [0.25, 0.3) is 5.91 Å². The largest absolute Gasteiger partial charge is 0.394 e. The summed E-state index contributed by atoms with van der Waals surface area (Å²) >= 11 is 3.77. The zero-order valence-corrected chi connectivity index (χ0v) is 26.6. The number of hydrogen-bond acceptors (Lipinski definition) is 5. The lowest BCUT2D eigenvalue weighted by Gasteiger charge is -2.39. The Morgan fingerprint density at radius 1 is 1.12 bits per heavy atom. The predicted octanol–water partition coefficient (Wildman–Crippen LogP) is 4.56. The molecule has 1 N–H and O–H groups in total. The molecule has 3 saturated heterocycles. The fraction of sp³-hybridized carbons (Fsp3) is 0.441. The van der Waals surface area contributed by atoms with Gasteiger partial charge in [-0.25, -0.2) is 0 Å². The van der Waals surface area contributed by atoms with Gasteiger partial charge in [0.15, 0.2) is 0 Å². The van der Waals surface area contributed by atoms with Crippen LogP contribution in [0.4, 0.5) is 11.4 Å². The third-order valence-corrected chi connectivity index (χ3v) is 10.0. The summed E-state index contributed by atoms with van der Waals surface area (Å²) in [6.45, 7) is 13.7. The molecule has 2 bridgehead atoms. The number of halogens is 1. The van der Waals surface area contributed by atoms with Crippen molar-refractivity contribution in [2.45, 2.75) is 62.2 Å². The lowest BCUT2D eigenvalue weighted by Crippen LogP contribution is -2.59. The molecule has 5 rings (SSSR count). The van der Waals surface area contributed by atoms with Crippen molar-refractivity contribution in [3.63, 3.8) is 0 Å². The second-order valence-electron chi connectivity index (χ2n) is 11.8. The van der Waals surface area contributed by atoms with Gasteiger partial charge < -0.3 is 24.5 Å². The number of rotatable bonds is 11.